The van der Waals surface area contributed by atoms with Gasteiger partial charge in [0.15, 0.2) is 11.6 Å². The van der Waals surface area contributed by atoms with Crippen LogP contribution in [0.25, 0.3) is 0 Å². The fourth-order valence-corrected chi connectivity index (χ4v) is 4.71. The Kier molecular flexibility index (Phi) is 27.2. The lowest BCUT2D eigenvalue weighted by Crippen LogP contribution is -2.63. The quantitative estimate of drug-likeness (QED) is 0.0843. The van der Waals surface area contributed by atoms with Gasteiger partial charge in [-0.3, -0.25) is 14.9 Å². The van der Waals surface area contributed by atoms with E-state index in [2.05, 4.69) is 49.0 Å². The van der Waals surface area contributed by atoms with Crippen molar-refractivity contribution in [1.82, 2.24) is 21.3 Å². The first-order chi connectivity index (χ1) is 20.5. The van der Waals surface area contributed by atoms with Crippen LogP contribution >= 0.6 is 0 Å². The number of ether oxygens (including phenoxy) is 2. The lowest BCUT2D eigenvalue weighted by Gasteiger charge is -2.37. The van der Waals surface area contributed by atoms with Crippen LogP contribution in [0.15, 0.2) is 0 Å². The summed E-state index contributed by atoms with van der Waals surface area (Å²) < 4.78 is 11.6. The van der Waals surface area contributed by atoms with E-state index in [1.165, 1.54) is 0 Å². The summed E-state index contributed by atoms with van der Waals surface area (Å²) in [7, 11) is 5.47. The summed E-state index contributed by atoms with van der Waals surface area (Å²) in [6.07, 6.45) is 6.59. The fraction of sp³-hybridized carbons (Fsp3) is 0.943. The summed E-state index contributed by atoms with van der Waals surface area (Å²) in [4.78, 5) is 27.4. The molecule has 0 aromatic rings. The number of unbranched alkanes of at least 4 members (excludes halogenated alkanes) is 2. The second-order valence-electron chi connectivity index (χ2n) is 13.4. The maximum Gasteiger partial charge on any atom is 0.169 e. The molecule has 2 atom stereocenters. The van der Waals surface area contributed by atoms with E-state index < -0.39 is 17.1 Å². The largest absolute Gasteiger partial charge is 0.379 e. The maximum atomic E-state index is 13.9. The first kappa shape index (κ1) is 47.5. The number of rotatable bonds is 25. The highest BCUT2D eigenvalue weighted by Gasteiger charge is 2.40. The number of carbonyl (C=O) groups excluding carboxylic acids is 2. The molecule has 0 aromatic heterocycles. The van der Waals surface area contributed by atoms with Crippen LogP contribution in [0.3, 0.4) is 0 Å². The molecular weight excluding hydrogens is 554 g/mol. The van der Waals surface area contributed by atoms with Crippen molar-refractivity contribution >= 4 is 11.6 Å². The zero-order chi connectivity index (χ0) is 35.0. The Hall–Kier alpha value is -0.940. The first-order valence-electron chi connectivity index (χ1n) is 17.3. The Labute approximate surface area is 273 Å². The summed E-state index contributed by atoms with van der Waals surface area (Å²) >= 11 is 0. The Balaban J connectivity index is -0.00000402. The monoisotopic (exact) mass is 632 g/mol. The molecule has 0 bridgehead atoms. The summed E-state index contributed by atoms with van der Waals surface area (Å²) in [5.41, 5.74) is 3.47. The van der Waals surface area contributed by atoms with Crippen LogP contribution in [0.2, 0.25) is 0 Å². The third kappa shape index (κ3) is 21.0. The number of likely N-dealkylation sites (N-methyl/N-ethyl adjacent to an activating group) is 1. The van der Waals surface area contributed by atoms with E-state index >= 15 is 0 Å². The van der Waals surface area contributed by atoms with Crippen molar-refractivity contribution in [3.8, 4) is 0 Å². The number of nitrogens with two attached hydrogens (primary N) is 1. The van der Waals surface area contributed by atoms with Crippen LogP contribution in [0, 0.1) is 0 Å². The van der Waals surface area contributed by atoms with Gasteiger partial charge < -0.3 is 31.2 Å². The number of hydrogen-bond donors (Lipinski definition) is 5. The van der Waals surface area contributed by atoms with Crippen LogP contribution < -0.4 is 27.0 Å². The molecule has 0 aliphatic rings. The van der Waals surface area contributed by atoms with Gasteiger partial charge in [0.2, 0.25) is 0 Å². The molecule has 44 heavy (non-hydrogen) atoms. The molecule has 2 unspecified atom stereocenters. The zero-order valence-corrected chi connectivity index (χ0v) is 31.9. The SMILES string of the molecule is CC.CC.CNCCCCC(NC(C)(C)C(=O)C(CCCCN)NC)C(=O)C(C)(C)NCCC(C)(C)OCCC(C)(C)OC. The van der Waals surface area contributed by atoms with Crippen molar-refractivity contribution in [3.63, 3.8) is 0 Å². The highest BCUT2D eigenvalue weighted by atomic mass is 16.5. The number of nitrogens with one attached hydrogen (secondary N) is 4. The minimum atomic E-state index is -0.860. The zero-order valence-electron chi connectivity index (χ0n) is 31.9. The van der Waals surface area contributed by atoms with Gasteiger partial charge in [-0.05, 0) is 128 Å². The van der Waals surface area contributed by atoms with E-state index in [-0.39, 0.29) is 28.8 Å². The second-order valence-corrected chi connectivity index (χ2v) is 13.4. The molecule has 0 saturated heterocycles. The Bertz CT molecular complexity index is 726. The van der Waals surface area contributed by atoms with E-state index in [1.807, 2.05) is 69.5 Å². The van der Waals surface area contributed by atoms with Crippen molar-refractivity contribution < 1.29 is 19.1 Å². The lowest BCUT2D eigenvalue weighted by atomic mass is 9.85. The van der Waals surface area contributed by atoms with Crippen LogP contribution in [0.5, 0.6) is 0 Å². The van der Waals surface area contributed by atoms with Crippen LogP contribution in [0.1, 0.15) is 134 Å². The lowest BCUT2D eigenvalue weighted by molar-refractivity contribution is -0.130. The van der Waals surface area contributed by atoms with Crippen molar-refractivity contribution in [2.75, 3.05) is 47.4 Å². The average molecular weight is 632 g/mol. The molecule has 0 aromatic carbocycles. The van der Waals surface area contributed by atoms with Crippen molar-refractivity contribution in [3.05, 3.63) is 0 Å². The number of ketones is 2. The molecule has 0 heterocycles. The highest BCUT2D eigenvalue weighted by molar-refractivity contribution is 5.95. The van der Waals surface area contributed by atoms with Gasteiger partial charge in [0.1, 0.15) is 0 Å². The maximum absolute atomic E-state index is 13.9. The van der Waals surface area contributed by atoms with Gasteiger partial charge in [-0.15, -0.1) is 0 Å². The molecule has 0 amide bonds. The van der Waals surface area contributed by atoms with Crippen LogP contribution in [-0.4, -0.2) is 93.4 Å². The molecule has 6 N–H and O–H groups in total. The van der Waals surface area contributed by atoms with Gasteiger partial charge in [-0.25, -0.2) is 0 Å². The van der Waals surface area contributed by atoms with Gasteiger partial charge in [0.05, 0.1) is 41.0 Å². The number of carbonyl (C=O) groups is 2. The second kappa shape index (κ2) is 25.2. The van der Waals surface area contributed by atoms with E-state index in [1.54, 1.807) is 7.11 Å². The van der Waals surface area contributed by atoms with Gasteiger partial charge in [0.25, 0.3) is 0 Å². The fourth-order valence-electron chi connectivity index (χ4n) is 4.71. The predicted octanol–water partition coefficient (Wildman–Crippen LogP) is 5.39. The topological polar surface area (TPSA) is 127 Å². The summed E-state index contributed by atoms with van der Waals surface area (Å²) in [5.74, 6) is 0.143. The molecule has 0 fully saturated rings. The minimum absolute atomic E-state index is 0.0707. The normalized spacial score (nSPS) is 13.7. The average Bonchev–Trinajstić information content (AvgIpc) is 2.97. The molecule has 0 radical (unpaired) electrons. The number of methoxy groups -OCH3 is 1. The van der Waals surface area contributed by atoms with Crippen LogP contribution in [-0.2, 0) is 19.1 Å². The summed E-state index contributed by atoms with van der Waals surface area (Å²) in [5, 5.41) is 13.3. The van der Waals surface area contributed by atoms with E-state index in [0.29, 0.717) is 26.1 Å². The van der Waals surface area contributed by atoms with Crippen molar-refractivity contribution in [1.29, 1.82) is 0 Å². The number of hydrogen-bond acceptors (Lipinski definition) is 9. The van der Waals surface area contributed by atoms with Crippen molar-refractivity contribution in [2.24, 2.45) is 5.73 Å². The van der Waals surface area contributed by atoms with E-state index in [4.69, 9.17) is 15.2 Å². The molecule has 0 aliphatic carbocycles. The van der Waals surface area contributed by atoms with E-state index in [9.17, 15) is 9.59 Å². The molecule has 0 saturated carbocycles. The Morgan fingerprint density at radius 2 is 1.23 bits per heavy atom. The van der Waals surface area contributed by atoms with Gasteiger partial charge in [-0.1, -0.05) is 40.5 Å². The van der Waals surface area contributed by atoms with Gasteiger partial charge >= 0.3 is 0 Å². The number of Topliss-reactive ketones (excluding diaryl/α,β-unsaturated/α-hetero) is 2. The predicted molar refractivity (Wildman–Crippen MR) is 190 cm³/mol. The highest BCUT2D eigenvalue weighted by Crippen LogP contribution is 2.21. The molecular formula is C35H77N5O4. The van der Waals surface area contributed by atoms with Gasteiger partial charge in [0, 0.05) is 7.11 Å². The first-order valence-corrected chi connectivity index (χ1v) is 17.3. The third-order valence-electron chi connectivity index (χ3n) is 7.91. The molecule has 0 aliphatic heterocycles. The summed E-state index contributed by atoms with van der Waals surface area (Å²) in [6, 6.07) is -0.725. The third-order valence-corrected chi connectivity index (χ3v) is 7.91. The standard InChI is InChI=1S/C31H65N5O4.2C2H6/c1-28(2,39-11)19-23-40-29(3,4)18-22-35-30(5,6)27(38)25(17-13-15-21-33-9)36-31(7,8)26(37)24(34-10)16-12-14-20-32;2*1-2/h24-25,33-36H,12-23,32H2,1-11H3;2*1-2H3. The van der Waals surface area contributed by atoms with Crippen LogP contribution in [0.4, 0.5) is 0 Å². The summed E-state index contributed by atoms with van der Waals surface area (Å²) in [6.45, 7) is 26.7. The molecule has 266 valence electrons. The minimum Gasteiger partial charge on any atom is -0.379 e. The molecule has 0 rings (SSSR count). The molecule has 9 heteroatoms. The molecule has 0 spiro atoms. The van der Waals surface area contributed by atoms with E-state index in [0.717, 1.165) is 51.5 Å². The molecule has 9 nitrogen and oxygen atoms in total. The Morgan fingerprint density at radius 3 is 1.73 bits per heavy atom. The Morgan fingerprint density at radius 1 is 0.705 bits per heavy atom. The smallest absolute Gasteiger partial charge is 0.169 e. The van der Waals surface area contributed by atoms with Crippen molar-refractivity contribution in [2.45, 2.75) is 169 Å². The van der Waals surface area contributed by atoms with Gasteiger partial charge in [-0.2, -0.15) is 0 Å².